The Hall–Kier alpha value is -0.740. The summed E-state index contributed by atoms with van der Waals surface area (Å²) in [4.78, 5) is 28.7. The number of unbranched alkanes of at least 4 members (excludes halogenated alkanes) is 1. The molecule has 2 rings (SSSR count). The second kappa shape index (κ2) is 11.3. The molecule has 0 bridgehead atoms. The van der Waals surface area contributed by atoms with E-state index in [1.54, 1.807) is 6.07 Å². The lowest BCUT2D eigenvalue weighted by Crippen LogP contribution is -2.29. The van der Waals surface area contributed by atoms with Gasteiger partial charge in [0.05, 0.1) is 15.2 Å². The van der Waals surface area contributed by atoms with Gasteiger partial charge in [-0.3, -0.25) is 4.79 Å². The first-order valence-corrected chi connectivity index (χ1v) is 11.2. The summed E-state index contributed by atoms with van der Waals surface area (Å²) in [5.41, 5.74) is 0.154. The van der Waals surface area contributed by atoms with Crippen molar-refractivity contribution < 1.29 is 19.1 Å². The van der Waals surface area contributed by atoms with Crippen LogP contribution in [0.3, 0.4) is 0 Å². The lowest BCUT2D eigenvalue weighted by molar-refractivity contribution is -0.121. The molecular formula is C19H26BrIN2O4. The van der Waals surface area contributed by atoms with Gasteiger partial charge in [-0.25, -0.2) is 9.78 Å². The summed E-state index contributed by atoms with van der Waals surface area (Å²) in [6, 6.07) is 1.75. The Bertz CT molecular complexity index is 663. The molecule has 0 aromatic carbocycles. The summed E-state index contributed by atoms with van der Waals surface area (Å²) in [6.45, 7) is 3.78. The number of pyridine rings is 1. The van der Waals surface area contributed by atoms with E-state index in [0.29, 0.717) is 16.2 Å². The van der Waals surface area contributed by atoms with Gasteiger partial charge >= 0.3 is 5.97 Å². The fourth-order valence-corrected chi connectivity index (χ4v) is 4.57. The first kappa shape index (κ1) is 22.5. The molecule has 0 saturated heterocycles. The van der Waals surface area contributed by atoms with Gasteiger partial charge in [-0.15, -0.1) is 0 Å². The zero-order valence-corrected chi connectivity index (χ0v) is 19.5. The summed E-state index contributed by atoms with van der Waals surface area (Å²) < 4.78 is 11.8. The standard InChI is InChI=1S/C19H26BrIN2O4/c1-3-4-9-27-11-12-5-7-13(8-6-12)18(24)23-17-15(21)10-14(20)16(22-17)19(25)26-2/h10,12-13H,3-9,11H2,1-2H3,(H,22,23,24)/t12-,13-. The molecule has 6 nitrogen and oxygen atoms in total. The molecule has 0 radical (unpaired) electrons. The maximum absolute atomic E-state index is 12.6. The number of methoxy groups -OCH3 is 1. The number of hydrogen-bond acceptors (Lipinski definition) is 5. The van der Waals surface area contributed by atoms with Crippen LogP contribution in [0.4, 0.5) is 5.82 Å². The van der Waals surface area contributed by atoms with Gasteiger partial charge in [-0.2, -0.15) is 0 Å². The number of hydrogen-bond donors (Lipinski definition) is 1. The van der Waals surface area contributed by atoms with Crippen molar-refractivity contribution in [1.82, 2.24) is 4.98 Å². The predicted molar refractivity (Wildman–Crippen MR) is 116 cm³/mol. The van der Waals surface area contributed by atoms with E-state index in [9.17, 15) is 9.59 Å². The largest absolute Gasteiger partial charge is 0.464 e. The average molecular weight is 553 g/mol. The Morgan fingerprint density at radius 2 is 2.04 bits per heavy atom. The van der Waals surface area contributed by atoms with Gasteiger partial charge in [0.25, 0.3) is 0 Å². The smallest absolute Gasteiger partial charge is 0.357 e. The minimum absolute atomic E-state index is 0.0280. The first-order valence-electron chi connectivity index (χ1n) is 9.29. The van der Waals surface area contributed by atoms with Crippen LogP contribution < -0.4 is 5.32 Å². The fraction of sp³-hybridized carbons (Fsp3) is 0.632. The molecule has 150 valence electrons. The summed E-state index contributed by atoms with van der Waals surface area (Å²) in [5, 5.41) is 2.88. The maximum Gasteiger partial charge on any atom is 0.357 e. The van der Waals surface area contributed by atoms with E-state index in [0.717, 1.165) is 55.3 Å². The summed E-state index contributed by atoms with van der Waals surface area (Å²) in [6.07, 6.45) is 5.96. The van der Waals surface area contributed by atoms with E-state index in [2.05, 4.69) is 55.7 Å². The van der Waals surface area contributed by atoms with E-state index in [1.807, 2.05) is 0 Å². The number of carbonyl (C=O) groups is 2. The van der Waals surface area contributed by atoms with Crippen molar-refractivity contribution in [2.75, 3.05) is 25.6 Å². The highest BCUT2D eigenvalue weighted by atomic mass is 127. The SMILES string of the molecule is CCCCOC[C@H]1CC[C@H](C(=O)Nc2nc(C(=O)OC)c(Br)cc2I)CC1. The number of halogens is 2. The van der Waals surface area contributed by atoms with E-state index in [1.165, 1.54) is 7.11 Å². The molecule has 0 aliphatic heterocycles. The lowest BCUT2D eigenvalue weighted by Gasteiger charge is -2.27. The second-order valence-electron chi connectivity index (χ2n) is 6.78. The van der Waals surface area contributed by atoms with Gasteiger partial charge in [0.1, 0.15) is 5.82 Å². The molecule has 0 atom stereocenters. The van der Waals surface area contributed by atoms with Crippen LogP contribution in [0.2, 0.25) is 0 Å². The zero-order chi connectivity index (χ0) is 19.8. The molecule has 1 N–H and O–H groups in total. The number of ether oxygens (including phenoxy) is 2. The molecule has 1 fully saturated rings. The molecule has 1 aliphatic rings. The van der Waals surface area contributed by atoms with Crippen molar-refractivity contribution in [2.24, 2.45) is 11.8 Å². The number of rotatable bonds is 8. The van der Waals surface area contributed by atoms with Gasteiger partial charge in [-0.05, 0) is 82.6 Å². The molecule has 1 amide bonds. The second-order valence-corrected chi connectivity index (χ2v) is 8.79. The predicted octanol–water partition coefficient (Wildman–Crippen LogP) is 4.80. The Labute approximate surface area is 182 Å². The zero-order valence-electron chi connectivity index (χ0n) is 15.7. The van der Waals surface area contributed by atoms with Crippen LogP contribution in [0.15, 0.2) is 10.5 Å². The number of nitrogens with zero attached hydrogens (tertiary/aromatic N) is 1. The van der Waals surface area contributed by atoms with E-state index < -0.39 is 5.97 Å². The Balaban J connectivity index is 1.90. The summed E-state index contributed by atoms with van der Waals surface area (Å²) >= 11 is 5.40. The van der Waals surface area contributed by atoms with Crippen molar-refractivity contribution in [2.45, 2.75) is 45.4 Å². The number of esters is 1. The van der Waals surface area contributed by atoms with Gasteiger partial charge < -0.3 is 14.8 Å². The van der Waals surface area contributed by atoms with Gasteiger partial charge in [0.2, 0.25) is 5.91 Å². The number of carbonyl (C=O) groups excluding carboxylic acids is 2. The van der Waals surface area contributed by atoms with Gasteiger partial charge in [-0.1, -0.05) is 13.3 Å². The molecule has 1 aromatic rings. The highest BCUT2D eigenvalue weighted by molar-refractivity contribution is 14.1. The highest BCUT2D eigenvalue weighted by Crippen LogP contribution is 2.31. The third kappa shape index (κ3) is 6.67. The number of aromatic nitrogens is 1. The van der Waals surface area contributed by atoms with Crippen LogP contribution >= 0.6 is 38.5 Å². The van der Waals surface area contributed by atoms with E-state index in [4.69, 9.17) is 9.47 Å². The molecule has 1 heterocycles. The number of amides is 1. The Morgan fingerprint density at radius 3 is 2.67 bits per heavy atom. The van der Waals surface area contributed by atoms with Crippen LogP contribution in [0.1, 0.15) is 55.9 Å². The molecule has 1 aliphatic carbocycles. The number of anilines is 1. The van der Waals surface area contributed by atoms with Crippen LogP contribution in [0.25, 0.3) is 0 Å². The summed E-state index contributed by atoms with van der Waals surface area (Å²) in [5.74, 6) is 0.331. The Morgan fingerprint density at radius 1 is 1.33 bits per heavy atom. The van der Waals surface area contributed by atoms with Crippen LogP contribution in [0, 0.1) is 15.4 Å². The third-order valence-corrected chi connectivity index (χ3v) is 6.19. The van der Waals surface area contributed by atoms with Crippen LogP contribution in [-0.4, -0.2) is 37.2 Å². The van der Waals surface area contributed by atoms with Crippen molar-refractivity contribution >= 4 is 56.2 Å². The number of nitrogens with one attached hydrogen (secondary N) is 1. The van der Waals surface area contributed by atoms with Crippen LogP contribution in [-0.2, 0) is 14.3 Å². The molecule has 8 heteroatoms. The fourth-order valence-electron chi connectivity index (χ4n) is 3.10. The van der Waals surface area contributed by atoms with Crippen molar-refractivity contribution in [3.05, 3.63) is 19.8 Å². The molecule has 27 heavy (non-hydrogen) atoms. The molecule has 1 saturated carbocycles. The van der Waals surface area contributed by atoms with Gasteiger partial charge in [0.15, 0.2) is 5.69 Å². The molecular weight excluding hydrogens is 527 g/mol. The third-order valence-electron chi connectivity index (χ3n) is 4.76. The van der Waals surface area contributed by atoms with Crippen LogP contribution in [0.5, 0.6) is 0 Å². The first-order chi connectivity index (χ1) is 13.0. The average Bonchev–Trinajstić information content (AvgIpc) is 2.67. The normalized spacial score (nSPS) is 19.6. The molecule has 0 unspecified atom stereocenters. The van der Waals surface area contributed by atoms with Crippen molar-refractivity contribution in [3.63, 3.8) is 0 Å². The lowest BCUT2D eigenvalue weighted by atomic mass is 9.82. The van der Waals surface area contributed by atoms with E-state index >= 15 is 0 Å². The monoisotopic (exact) mass is 552 g/mol. The Kier molecular flexibility index (Phi) is 9.44. The van der Waals surface area contributed by atoms with Crippen molar-refractivity contribution in [3.8, 4) is 0 Å². The minimum Gasteiger partial charge on any atom is -0.464 e. The summed E-state index contributed by atoms with van der Waals surface area (Å²) in [7, 11) is 1.30. The van der Waals surface area contributed by atoms with Gasteiger partial charge in [0, 0.05) is 19.1 Å². The van der Waals surface area contributed by atoms with E-state index in [-0.39, 0.29) is 17.5 Å². The van der Waals surface area contributed by atoms with Crippen molar-refractivity contribution in [1.29, 1.82) is 0 Å². The highest BCUT2D eigenvalue weighted by Gasteiger charge is 2.27. The molecule has 1 aromatic heterocycles. The maximum atomic E-state index is 12.6. The molecule has 0 spiro atoms. The topological polar surface area (TPSA) is 77.5 Å². The quantitative estimate of drug-likeness (QED) is 0.285. The minimum atomic E-state index is -0.544.